The molecule has 0 aromatic carbocycles. The number of hydrogen-bond donors (Lipinski definition) is 0. The first-order valence-electron chi connectivity index (χ1n) is 2.39. The predicted molar refractivity (Wildman–Crippen MR) is 35.0 cm³/mol. The molecule has 0 saturated carbocycles. The molecule has 0 radical (unpaired) electrons. The number of hydrogen-bond acceptors (Lipinski definition) is 3. The molecule has 0 unspecified atom stereocenters. The Labute approximate surface area is 54.2 Å². The highest BCUT2D eigenvalue weighted by Gasteiger charge is 2.20. The van der Waals surface area contributed by atoms with Crippen molar-refractivity contribution in [2.24, 2.45) is 0 Å². The standard InChI is InChI=1S/C5H7NO2S/c1-5-6(2)3-4-9(5,7)8/h3-4H,1H2,2H3. The van der Waals surface area contributed by atoms with Gasteiger partial charge in [0.05, 0.1) is 5.41 Å². The molecule has 4 heteroatoms. The van der Waals surface area contributed by atoms with Crippen LogP contribution >= 0.6 is 0 Å². The van der Waals surface area contributed by atoms with Gasteiger partial charge in [0.25, 0.3) is 0 Å². The molecular formula is C5H7NO2S. The molecule has 0 aromatic heterocycles. The number of sulfone groups is 1. The molecule has 0 amide bonds. The first-order valence-corrected chi connectivity index (χ1v) is 3.94. The van der Waals surface area contributed by atoms with Crippen LogP contribution in [0, 0.1) is 0 Å². The lowest BCUT2D eigenvalue weighted by Crippen LogP contribution is -2.08. The summed E-state index contributed by atoms with van der Waals surface area (Å²) >= 11 is 0. The summed E-state index contributed by atoms with van der Waals surface area (Å²) in [4.78, 5) is 1.47. The van der Waals surface area contributed by atoms with E-state index in [0.717, 1.165) is 5.41 Å². The normalized spacial score (nSPS) is 23.2. The fourth-order valence-electron chi connectivity index (χ4n) is 0.534. The zero-order chi connectivity index (χ0) is 7.07. The van der Waals surface area contributed by atoms with Crippen molar-refractivity contribution < 1.29 is 8.42 Å². The largest absolute Gasteiger partial charge is 0.341 e. The van der Waals surface area contributed by atoms with E-state index in [1.165, 1.54) is 11.1 Å². The summed E-state index contributed by atoms with van der Waals surface area (Å²) in [5.41, 5.74) is 0. The van der Waals surface area contributed by atoms with Gasteiger partial charge in [-0.25, -0.2) is 8.42 Å². The Morgan fingerprint density at radius 2 is 2.22 bits per heavy atom. The van der Waals surface area contributed by atoms with Crippen molar-refractivity contribution >= 4 is 9.84 Å². The lowest BCUT2D eigenvalue weighted by atomic mass is 10.8. The van der Waals surface area contributed by atoms with E-state index in [-0.39, 0.29) is 5.03 Å². The summed E-state index contributed by atoms with van der Waals surface area (Å²) < 4.78 is 21.5. The first kappa shape index (κ1) is 6.35. The van der Waals surface area contributed by atoms with Gasteiger partial charge >= 0.3 is 0 Å². The maximum Gasteiger partial charge on any atom is 0.216 e. The Morgan fingerprint density at radius 1 is 1.67 bits per heavy atom. The van der Waals surface area contributed by atoms with E-state index in [0.29, 0.717) is 0 Å². The zero-order valence-corrected chi connectivity index (χ0v) is 5.85. The molecule has 1 aliphatic heterocycles. The Hall–Kier alpha value is -0.770. The van der Waals surface area contributed by atoms with E-state index in [4.69, 9.17) is 0 Å². The van der Waals surface area contributed by atoms with E-state index >= 15 is 0 Å². The monoisotopic (exact) mass is 145 g/mol. The molecule has 1 rings (SSSR count). The molecule has 1 aliphatic rings. The first-order chi connectivity index (χ1) is 4.04. The minimum atomic E-state index is -3.12. The van der Waals surface area contributed by atoms with Crippen LogP contribution in [0.4, 0.5) is 0 Å². The van der Waals surface area contributed by atoms with Crippen LogP contribution in [0.1, 0.15) is 0 Å². The van der Waals surface area contributed by atoms with Crippen molar-refractivity contribution in [2.75, 3.05) is 7.05 Å². The maximum absolute atomic E-state index is 10.7. The van der Waals surface area contributed by atoms with Gasteiger partial charge in [0.2, 0.25) is 9.84 Å². The average molecular weight is 145 g/mol. The number of nitrogens with zero attached hydrogens (tertiary/aromatic N) is 1. The lowest BCUT2D eigenvalue weighted by molar-refractivity contribution is 0.581. The lowest BCUT2D eigenvalue weighted by Gasteiger charge is -2.05. The average Bonchev–Trinajstić information content (AvgIpc) is 1.97. The van der Waals surface area contributed by atoms with Crippen molar-refractivity contribution in [3.63, 3.8) is 0 Å². The molecule has 9 heavy (non-hydrogen) atoms. The zero-order valence-electron chi connectivity index (χ0n) is 5.03. The van der Waals surface area contributed by atoms with E-state index in [1.807, 2.05) is 0 Å². The van der Waals surface area contributed by atoms with Gasteiger partial charge in [0.15, 0.2) is 0 Å². The van der Waals surface area contributed by atoms with Crippen LogP contribution in [-0.4, -0.2) is 20.4 Å². The summed E-state index contributed by atoms with van der Waals surface area (Å²) in [6.45, 7) is 3.36. The minimum Gasteiger partial charge on any atom is -0.341 e. The quantitative estimate of drug-likeness (QED) is 0.491. The van der Waals surface area contributed by atoms with Crippen molar-refractivity contribution in [3.05, 3.63) is 23.2 Å². The Bertz CT molecular complexity index is 263. The molecule has 50 valence electrons. The highest BCUT2D eigenvalue weighted by molar-refractivity contribution is 7.98. The maximum atomic E-state index is 10.7. The SMILES string of the molecule is C=C1N(C)C=CS1(=O)=O. The fourth-order valence-corrected chi connectivity index (χ4v) is 1.50. The van der Waals surface area contributed by atoms with Crippen molar-refractivity contribution in [1.29, 1.82) is 0 Å². The molecule has 0 aliphatic carbocycles. The molecule has 1 heterocycles. The third-order valence-electron chi connectivity index (χ3n) is 1.19. The molecule has 0 spiro atoms. The fraction of sp³-hybridized carbons (Fsp3) is 0.200. The molecule has 0 atom stereocenters. The van der Waals surface area contributed by atoms with Crippen LogP contribution in [0.5, 0.6) is 0 Å². The third-order valence-corrected chi connectivity index (χ3v) is 2.61. The van der Waals surface area contributed by atoms with Gasteiger partial charge < -0.3 is 4.90 Å². The molecular weight excluding hydrogens is 138 g/mol. The van der Waals surface area contributed by atoms with Crippen LogP contribution in [-0.2, 0) is 9.84 Å². The summed E-state index contributed by atoms with van der Waals surface area (Å²) in [6.07, 6.45) is 1.47. The summed E-state index contributed by atoms with van der Waals surface area (Å²) in [5.74, 6) is 0. The molecule has 3 nitrogen and oxygen atoms in total. The summed E-state index contributed by atoms with van der Waals surface area (Å²) in [7, 11) is -1.48. The Morgan fingerprint density at radius 3 is 2.33 bits per heavy atom. The van der Waals surface area contributed by atoms with Gasteiger partial charge in [-0.15, -0.1) is 0 Å². The Balaban J connectivity index is 3.16. The summed E-state index contributed by atoms with van der Waals surface area (Å²) in [6, 6.07) is 0. The van der Waals surface area contributed by atoms with E-state index in [9.17, 15) is 8.42 Å². The van der Waals surface area contributed by atoms with Crippen molar-refractivity contribution in [1.82, 2.24) is 4.90 Å². The molecule has 0 bridgehead atoms. The van der Waals surface area contributed by atoms with Crippen LogP contribution < -0.4 is 0 Å². The van der Waals surface area contributed by atoms with Crippen LogP contribution in [0.25, 0.3) is 0 Å². The van der Waals surface area contributed by atoms with Gasteiger partial charge in [0, 0.05) is 13.2 Å². The highest BCUT2D eigenvalue weighted by Crippen LogP contribution is 2.17. The Kier molecular flexibility index (Phi) is 1.13. The summed E-state index contributed by atoms with van der Waals surface area (Å²) in [5, 5.41) is 1.28. The van der Waals surface area contributed by atoms with Crippen LogP contribution in [0.2, 0.25) is 0 Å². The van der Waals surface area contributed by atoms with Crippen LogP contribution in [0.3, 0.4) is 0 Å². The number of rotatable bonds is 0. The molecule has 0 aromatic rings. The predicted octanol–water partition coefficient (Wildman–Crippen LogP) is 0.289. The molecule has 0 fully saturated rings. The van der Waals surface area contributed by atoms with Gasteiger partial charge in [-0.3, -0.25) is 0 Å². The second kappa shape index (κ2) is 1.60. The molecule has 0 N–H and O–H groups in total. The van der Waals surface area contributed by atoms with Gasteiger partial charge in [0.1, 0.15) is 5.03 Å². The van der Waals surface area contributed by atoms with Crippen molar-refractivity contribution in [3.8, 4) is 0 Å². The van der Waals surface area contributed by atoms with E-state index in [2.05, 4.69) is 6.58 Å². The molecule has 0 saturated heterocycles. The second-order valence-corrected chi connectivity index (χ2v) is 3.67. The van der Waals surface area contributed by atoms with Crippen LogP contribution in [0.15, 0.2) is 23.2 Å². The van der Waals surface area contributed by atoms with Gasteiger partial charge in [-0.2, -0.15) is 0 Å². The highest BCUT2D eigenvalue weighted by atomic mass is 32.2. The van der Waals surface area contributed by atoms with Gasteiger partial charge in [-0.05, 0) is 0 Å². The smallest absolute Gasteiger partial charge is 0.216 e. The van der Waals surface area contributed by atoms with Gasteiger partial charge in [-0.1, -0.05) is 6.58 Å². The van der Waals surface area contributed by atoms with E-state index < -0.39 is 9.84 Å². The second-order valence-electron chi connectivity index (χ2n) is 1.83. The van der Waals surface area contributed by atoms with E-state index in [1.54, 1.807) is 7.05 Å². The van der Waals surface area contributed by atoms with Crippen molar-refractivity contribution in [2.45, 2.75) is 0 Å². The third kappa shape index (κ3) is 0.853. The topological polar surface area (TPSA) is 37.4 Å². The minimum absolute atomic E-state index is 0.141.